The summed E-state index contributed by atoms with van der Waals surface area (Å²) in [6, 6.07) is 8.36. The normalized spacial score (nSPS) is 15.3. The highest BCUT2D eigenvalue weighted by atomic mass is 16.5. The lowest BCUT2D eigenvalue weighted by Crippen LogP contribution is -2.41. The first-order valence-corrected chi connectivity index (χ1v) is 8.61. The fourth-order valence-electron chi connectivity index (χ4n) is 2.95. The Bertz CT molecular complexity index is 895. The predicted molar refractivity (Wildman–Crippen MR) is 105 cm³/mol. The zero-order valence-corrected chi connectivity index (χ0v) is 15.8. The van der Waals surface area contributed by atoms with E-state index in [1.54, 1.807) is 25.3 Å². The number of anilines is 3. The Kier molecular flexibility index (Phi) is 5.21. The minimum atomic E-state index is -0.656. The molecule has 2 aromatic rings. The zero-order valence-electron chi connectivity index (χ0n) is 15.8. The van der Waals surface area contributed by atoms with Crippen LogP contribution in [0.2, 0.25) is 0 Å². The van der Waals surface area contributed by atoms with Gasteiger partial charge in [0, 0.05) is 6.07 Å². The number of amides is 2. The van der Waals surface area contributed by atoms with Gasteiger partial charge in [-0.25, -0.2) is 0 Å². The van der Waals surface area contributed by atoms with Gasteiger partial charge in [-0.1, -0.05) is 0 Å². The van der Waals surface area contributed by atoms with Crippen molar-refractivity contribution >= 4 is 28.9 Å². The van der Waals surface area contributed by atoms with Crippen LogP contribution in [0.25, 0.3) is 0 Å². The van der Waals surface area contributed by atoms with Gasteiger partial charge in [-0.3, -0.25) is 9.59 Å². The lowest BCUT2D eigenvalue weighted by Gasteiger charge is -2.27. The molecule has 3 N–H and O–H groups in total. The van der Waals surface area contributed by atoms with Gasteiger partial charge in [0.1, 0.15) is 17.5 Å². The molecule has 1 aliphatic heterocycles. The van der Waals surface area contributed by atoms with Gasteiger partial charge in [-0.2, -0.15) is 0 Å². The molecule has 1 aliphatic rings. The Morgan fingerprint density at radius 2 is 1.78 bits per heavy atom. The molecule has 7 heteroatoms. The minimum Gasteiger partial charge on any atom is -0.497 e. The number of aryl methyl sites for hydroxylation is 2. The number of ether oxygens (including phenoxy) is 2. The van der Waals surface area contributed by atoms with Gasteiger partial charge in [0.25, 0.3) is 0 Å². The number of carbonyl (C=O) groups is 2. The number of hydrogen-bond donors (Lipinski definition) is 3. The molecule has 2 amide bonds. The molecule has 1 heterocycles. The summed E-state index contributed by atoms with van der Waals surface area (Å²) in [5, 5.41) is 8.80. The molecule has 0 saturated heterocycles. The Morgan fingerprint density at radius 1 is 1.07 bits per heavy atom. The van der Waals surface area contributed by atoms with E-state index in [1.165, 1.54) is 7.11 Å². The molecule has 0 radical (unpaired) electrons. The van der Waals surface area contributed by atoms with Crippen molar-refractivity contribution in [2.24, 2.45) is 0 Å². The highest BCUT2D eigenvalue weighted by Gasteiger charge is 2.28. The van der Waals surface area contributed by atoms with Gasteiger partial charge in [-0.15, -0.1) is 0 Å². The van der Waals surface area contributed by atoms with E-state index in [0.717, 1.165) is 22.5 Å². The number of benzene rings is 2. The van der Waals surface area contributed by atoms with E-state index in [0.29, 0.717) is 17.2 Å². The number of carbonyl (C=O) groups excluding carboxylic acids is 2. The number of nitrogens with one attached hydrogen (secondary N) is 3. The fourth-order valence-corrected chi connectivity index (χ4v) is 2.95. The van der Waals surface area contributed by atoms with Crippen LogP contribution in [-0.2, 0) is 9.59 Å². The molecule has 142 valence electrons. The average molecular weight is 369 g/mol. The van der Waals surface area contributed by atoms with Crippen LogP contribution in [0, 0.1) is 13.8 Å². The molecule has 2 aromatic carbocycles. The number of rotatable bonds is 5. The van der Waals surface area contributed by atoms with Crippen LogP contribution < -0.4 is 25.4 Å². The molecule has 0 saturated carbocycles. The molecule has 0 spiro atoms. The lowest BCUT2D eigenvalue weighted by molar-refractivity contribution is -0.122. The molecule has 3 rings (SSSR count). The van der Waals surface area contributed by atoms with Gasteiger partial charge < -0.3 is 25.4 Å². The highest BCUT2D eigenvalue weighted by Crippen LogP contribution is 2.31. The van der Waals surface area contributed by atoms with Crippen molar-refractivity contribution in [3.05, 3.63) is 41.5 Å². The van der Waals surface area contributed by atoms with Crippen LogP contribution in [0.15, 0.2) is 30.3 Å². The smallest absolute Gasteiger partial charge is 0.247 e. The maximum atomic E-state index is 12.5. The van der Waals surface area contributed by atoms with E-state index < -0.39 is 6.04 Å². The summed E-state index contributed by atoms with van der Waals surface area (Å²) in [6.45, 7) is 3.99. The second-order valence-electron chi connectivity index (χ2n) is 6.49. The van der Waals surface area contributed by atoms with Gasteiger partial charge in [-0.05, 0) is 49.2 Å². The van der Waals surface area contributed by atoms with E-state index in [9.17, 15) is 9.59 Å². The van der Waals surface area contributed by atoms with Gasteiger partial charge in [0.05, 0.1) is 37.7 Å². The van der Waals surface area contributed by atoms with Crippen molar-refractivity contribution in [1.29, 1.82) is 0 Å². The van der Waals surface area contributed by atoms with Gasteiger partial charge in [0.15, 0.2) is 0 Å². The van der Waals surface area contributed by atoms with E-state index in [1.807, 2.05) is 26.0 Å². The van der Waals surface area contributed by atoms with Crippen LogP contribution in [0.1, 0.15) is 17.5 Å². The third-order valence-electron chi connectivity index (χ3n) is 4.61. The van der Waals surface area contributed by atoms with E-state index in [-0.39, 0.29) is 18.2 Å². The monoisotopic (exact) mass is 369 g/mol. The van der Waals surface area contributed by atoms with Crippen molar-refractivity contribution in [2.45, 2.75) is 26.3 Å². The molecular weight excluding hydrogens is 346 g/mol. The Balaban J connectivity index is 1.73. The quantitative estimate of drug-likeness (QED) is 0.754. The summed E-state index contributed by atoms with van der Waals surface area (Å²) in [4.78, 5) is 24.9. The van der Waals surface area contributed by atoms with E-state index >= 15 is 0 Å². The lowest BCUT2D eigenvalue weighted by atomic mass is 10.0. The first-order valence-electron chi connectivity index (χ1n) is 8.61. The molecule has 0 fully saturated rings. The van der Waals surface area contributed by atoms with Crippen molar-refractivity contribution in [3.63, 3.8) is 0 Å². The molecule has 0 aromatic heterocycles. The zero-order chi connectivity index (χ0) is 19.6. The highest BCUT2D eigenvalue weighted by molar-refractivity contribution is 6.06. The van der Waals surface area contributed by atoms with Crippen LogP contribution in [-0.4, -0.2) is 32.1 Å². The number of methoxy groups -OCH3 is 2. The summed E-state index contributed by atoms with van der Waals surface area (Å²) in [5.74, 6) is 0.570. The first kappa shape index (κ1) is 18.6. The molecule has 1 atom stereocenters. The van der Waals surface area contributed by atoms with Crippen molar-refractivity contribution in [1.82, 2.24) is 0 Å². The Hall–Kier alpha value is -3.22. The second kappa shape index (κ2) is 7.57. The largest absolute Gasteiger partial charge is 0.497 e. The second-order valence-corrected chi connectivity index (χ2v) is 6.49. The third-order valence-corrected chi connectivity index (χ3v) is 4.61. The molecule has 7 nitrogen and oxygen atoms in total. The summed E-state index contributed by atoms with van der Waals surface area (Å²) >= 11 is 0. The average Bonchev–Trinajstić information content (AvgIpc) is 2.64. The molecule has 0 unspecified atom stereocenters. The van der Waals surface area contributed by atoms with Crippen LogP contribution >= 0.6 is 0 Å². The molecule has 0 aliphatic carbocycles. The maximum Gasteiger partial charge on any atom is 0.247 e. The van der Waals surface area contributed by atoms with Gasteiger partial charge >= 0.3 is 0 Å². The minimum absolute atomic E-state index is 0.0153. The summed E-state index contributed by atoms with van der Waals surface area (Å²) in [5.41, 5.74) is 4.24. The summed E-state index contributed by atoms with van der Waals surface area (Å²) in [7, 11) is 3.07. The van der Waals surface area contributed by atoms with Crippen molar-refractivity contribution in [2.75, 3.05) is 30.2 Å². The Morgan fingerprint density at radius 3 is 2.44 bits per heavy atom. The van der Waals surface area contributed by atoms with Crippen molar-refractivity contribution < 1.29 is 19.1 Å². The first-order chi connectivity index (χ1) is 12.9. The molecular formula is C20H23N3O4. The maximum absolute atomic E-state index is 12.5. The molecule has 0 bridgehead atoms. The third kappa shape index (κ3) is 3.97. The standard InChI is InChI=1S/C20H23N3O4/c1-11-7-14-15(8-12(11)2)23-20(25)17(21-14)10-19(24)22-16-9-13(26-3)5-6-18(16)27-4/h5-9,17,21H,10H2,1-4H3,(H,22,24)(H,23,25)/t17-/m1/s1. The van der Waals surface area contributed by atoms with Crippen LogP contribution in [0.5, 0.6) is 11.5 Å². The number of hydrogen-bond acceptors (Lipinski definition) is 5. The number of fused-ring (bicyclic) bond motifs is 1. The van der Waals surface area contributed by atoms with Gasteiger partial charge in [0.2, 0.25) is 11.8 Å². The topological polar surface area (TPSA) is 88.7 Å². The Labute approximate surface area is 158 Å². The van der Waals surface area contributed by atoms with Crippen LogP contribution in [0.3, 0.4) is 0 Å². The van der Waals surface area contributed by atoms with E-state index in [2.05, 4.69) is 16.0 Å². The fraction of sp³-hybridized carbons (Fsp3) is 0.300. The molecule has 27 heavy (non-hydrogen) atoms. The predicted octanol–water partition coefficient (Wildman–Crippen LogP) is 3.08. The summed E-state index contributed by atoms with van der Waals surface area (Å²) in [6.07, 6.45) is -0.0153. The van der Waals surface area contributed by atoms with Crippen LogP contribution in [0.4, 0.5) is 17.1 Å². The SMILES string of the molecule is COc1ccc(OC)c(NC(=O)C[C@H]2Nc3cc(C)c(C)cc3NC2=O)c1. The summed E-state index contributed by atoms with van der Waals surface area (Å²) < 4.78 is 10.4. The van der Waals surface area contributed by atoms with E-state index in [4.69, 9.17) is 9.47 Å². The van der Waals surface area contributed by atoms with Crippen molar-refractivity contribution in [3.8, 4) is 11.5 Å².